The first-order valence-electron chi connectivity index (χ1n) is 6.12. The van der Waals surface area contributed by atoms with Crippen LogP contribution in [0.1, 0.15) is 43.2 Å². The highest BCUT2D eigenvalue weighted by molar-refractivity contribution is 7.09. The van der Waals surface area contributed by atoms with E-state index in [1.54, 1.807) is 11.3 Å². The number of aliphatic carboxylic acids is 1. The van der Waals surface area contributed by atoms with Crippen molar-refractivity contribution in [2.75, 3.05) is 13.1 Å². The number of thiazole rings is 1. The highest BCUT2D eigenvalue weighted by Crippen LogP contribution is 2.31. The van der Waals surface area contributed by atoms with Crippen LogP contribution in [0.5, 0.6) is 0 Å². The summed E-state index contributed by atoms with van der Waals surface area (Å²) in [6.45, 7) is 1.94. The molecule has 0 aliphatic carbocycles. The van der Waals surface area contributed by atoms with Crippen LogP contribution in [-0.2, 0) is 4.79 Å². The zero-order valence-electron chi connectivity index (χ0n) is 9.84. The second-order valence-electron chi connectivity index (χ2n) is 4.42. The largest absolute Gasteiger partial charge is 0.481 e. The lowest BCUT2D eigenvalue weighted by molar-refractivity contribution is -0.137. The first kappa shape index (κ1) is 12.5. The molecule has 4 nitrogen and oxygen atoms in total. The van der Waals surface area contributed by atoms with Gasteiger partial charge >= 0.3 is 5.97 Å². The van der Waals surface area contributed by atoms with E-state index in [9.17, 15) is 4.79 Å². The summed E-state index contributed by atoms with van der Waals surface area (Å²) < 4.78 is 0. The SMILES string of the molecule is O=C(O)CCCN1CCCCC1c1nccs1. The first-order chi connectivity index (χ1) is 8.27. The topological polar surface area (TPSA) is 53.4 Å². The third kappa shape index (κ3) is 3.51. The third-order valence-electron chi connectivity index (χ3n) is 3.19. The molecular weight excluding hydrogens is 236 g/mol. The van der Waals surface area contributed by atoms with Crippen LogP contribution in [0.2, 0.25) is 0 Å². The van der Waals surface area contributed by atoms with Crippen molar-refractivity contribution in [2.45, 2.75) is 38.1 Å². The lowest BCUT2D eigenvalue weighted by Gasteiger charge is -2.34. The van der Waals surface area contributed by atoms with Gasteiger partial charge in [0.15, 0.2) is 0 Å². The van der Waals surface area contributed by atoms with Gasteiger partial charge in [0, 0.05) is 18.0 Å². The summed E-state index contributed by atoms with van der Waals surface area (Å²) in [7, 11) is 0. The van der Waals surface area contributed by atoms with Crippen LogP contribution in [0.15, 0.2) is 11.6 Å². The van der Waals surface area contributed by atoms with Gasteiger partial charge in [-0.2, -0.15) is 0 Å². The van der Waals surface area contributed by atoms with E-state index in [2.05, 4.69) is 9.88 Å². The minimum Gasteiger partial charge on any atom is -0.481 e. The smallest absolute Gasteiger partial charge is 0.303 e. The molecule has 0 spiro atoms. The maximum atomic E-state index is 10.5. The van der Waals surface area contributed by atoms with Crippen LogP contribution >= 0.6 is 11.3 Å². The van der Waals surface area contributed by atoms with Gasteiger partial charge in [0.25, 0.3) is 0 Å². The molecule has 0 bridgehead atoms. The number of carboxylic acids is 1. The van der Waals surface area contributed by atoms with Crippen LogP contribution in [0.25, 0.3) is 0 Å². The van der Waals surface area contributed by atoms with Crippen molar-refractivity contribution in [3.63, 3.8) is 0 Å². The zero-order valence-corrected chi connectivity index (χ0v) is 10.7. The van der Waals surface area contributed by atoms with Crippen molar-refractivity contribution in [1.82, 2.24) is 9.88 Å². The Morgan fingerprint density at radius 1 is 1.59 bits per heavy atom. The molecule has 1 aliphatic heterocycles. The highest BCUT2D eigenvalue weighted by Gasteiger charge is 2.25. The molecule has 94 valence electrons. The molecular formula is C12H18N2O2S. The van der Waals surface area contributed by atoms with E-state index in [0.717, 1.165) is 25.9 Å². The second kappa shape index (κ2) is 6.12. The van der Waals surface area contributed by atoms with Crippen molar-refractivity contribution in [2.24, 2.45) is 0 Å². The molecule has 1 aromatic rings. The molecule has 0 aromatic carbocycles. The number of aromatic nitrogens is 1. The summed E-state index contributed by atoms with van der Waals surface area (Å²) in [5.41, 5.74) is 0. The summed E-state index contributed by atoms with van der Waals surface area (Å²) in [5, 5.41) is 11.9. The van der Waals surface area contributed by atoms with Crippen LogP contribution in [0, 0.1) is 0 Å². The monoisotopic (exact) mass is 254 g/mol. The molecule has 1 atom stereocenters. The Morgan fingerprint density at radius 2 is 2.47 bits per heavy atom. The van der Waals surface area contributed by atoms with Gasteiger partial charge in [0.1, 0.15) is 5.01 Å². The first-order valence-corrected chi connectivity index (χ1v) is 7.00. The minimum atomic E-state index is -0.701. The quantitative estimate of drug-likeness (QED) is 0.877. The average Bonchev–Trinajstić information content (AvgIpc) is 2.82. The predicted octanol–water partition coefficient (Wildman–Crippen LogP) is 2.53. The maximum Gasteiger partial charge on any atom is 0.303 e. The fourth-order valence-electron chi connectivity index (χ4n) is 2.37. The van der Waals surface area contributed by atoms with Crippen molar-refractivity contribution in [3.8, 4) is 0 Å². The van der Waals surface area contributed by atoms with Gasteiger partial charge in [0.2, 0.25) is 0 Å². The molecule has 2 heterocycles. The van der Waals surface area contributed by atoms with Gasteiger partial charge in [-0.25, -0.2) is 4.98 Å². The van der Waals surface area contributed by atoms with Gasteiger partial charge in [0.05, 0.1) is 6.04 Å². The van der Waals surface area contributed by atoms with Gasteiger partial charge in [-0.1, -0.05) is 6.42 Å². The molecule has 5 heteroatoms. The zero-order chi connectivity index (χ0) is 12.1. The number of carbonyl (C=O) groups is 1. The molecule has 1 unspecified atom stereocenters. The summed E-state index contributed by atoms with van der Waals surface area (Å²) in [4.78, 5) is 17.3. The number of hydrogen-bond acceptors (Lipinski definition) is 4. The van der Waals surface area contributed by atoms with Gasteiger partial charge in [-0.15, -0.1) is 11.3 Å². The molecule has 0 radical (unpaired) electrons. The van der Waals surface area contributed by atoms with E-state index in [1.807, 2.05) is 11.6 Å². The Balaban J connectivity index is 1.91. The Hall–Kier alpha value is -0.940. The van der Waals surface area contributed by atoms with E-state index in [0.29, 0.717) is 6.04 Å². The van der Waals surface area contributed by atoms with E-state index < -0.39 is 5.97 Å². The van der Waals surface area contributed by atoms with Crippen molar-refractivity contribution < 1.29 is 9.90 Å². The summed E-state index contributed by atoms with van der Waals surface area (Å²) in [6.07, 6.45) is 6.47. The Morgan fingerprint density at radius 3 is 3.18 bits per heavy atom. The summed E-state index contributed by atoms with van der Waals surface area (Å²) >= 11 is 1.70. The Labute approximate surface area is 105 Å². The minimum absolute atomic E-state index is 0.265. The molecule has 1 aromatic heterocycles. The number of carboxylic acid groups (broad SMARTS) is 1. The molecule has 2 rings (SSSR count). The Bertz CT molecular complexity index is 353. The number of hydrogen-bond donors (Lipinski definition) is 1. The van der Waals surface area contributed by atoms with Crippen molar-refractivity contribution in [1.29, 1.82) is 0 Å². The van der Waals surface area contributed by atoms with Crippen molar-refractivity contribution in [3.05, 3.63) is 16.6 Å². The highest BCUT2D eigenvalue weighted by atomic mass is 32.1. The number of nitrogens with zero attached hydrogens (tertiary/aromatic N) is 2. The third-order valence-corrected chi connectivity index (χ3v) is 4.06. The summed E-state index contributed by atoms with van der Waals surface area (Å²) in [6, 6.07) is 0.414. The molecule has 1 N–H and O–H groups in total. The van der Waals surface area contributed by atoms with Gasteiger partial charge in [-0.05, 0) is 32.4 Å². The lowest BCUT2D eigenvalue weighted by Crippen LogP contribution is -2.34. The molecule has 1 saturated heterocycles. The molecule has 17 heavy (non-hydrogen) atoms. The van der Waals surface area contributed by atoms with Crippen molar-refractivity contribution >= 4 is 17.3 Å². The summed E-state index contributed by atoms with van der Waals surface area (Å²) in [5.74, 6) is -0.701. The Kier molecular flexibility index (Phi) is 4.50. The fourth-order valence-corrected chi connectivity index (χ4v) is 3.18. The maximum absolute atomic E-state index is 10.5. The van der Waals surface area contributed by atoms with Gasteiger partial charge < -0.3 is 5.11 Å². The second-order valence-corrected chi connectivity index (χ2v) is 5.34. The molecule has 0 saturated carbocycles. The fraction of sp³-hybridized carbons (Fsp3) is 0.667. The number of piperidine rings is 1. The molecule has 0 amide bonds. The molecule has 1 aliphatic rings. The number of likely N-dealkylation sites (tertiary alicyclic amines) is 1. The van der Waals surface area contributed by atoms with Crippen LogP contribution < -0.4 is 0 Å². The standard InChI is InChI=1S/C12H18N2O2S/c15-11(16)5-3-8-14-7-2-1-4-10(14)12-13-6-9-17-12/h6,9-10H,1-5,7-8H2,(H,15,16). The van der Waals surface area contributed by atoms with Crippen LogP contribution in [0.4, 0.5) is 0 Å². The van der Waals surface area contributed by atoms with Crippen LogP contribution in [0.3, 0.4) is 0 Å². The van der Waals surface area contributed by atoms with Gasteiger partial charge in [-0.3, -0.25) is 9.69 Å². The van der Waals surface area contributed by atoms with E-state index in [1.165, 1.54) is 17.8 Å². The average molecular weight is 254 g/mol. The lowest BCUT2D eigenvalue weighted by atomic mass is 10.0. The van der Waals surface area contributed by atoms with Crippen LogP contribution in [-0.4, -0.2) is 34.0 Å². The normalized spacial score (nSPS) is 21.5. The molecule has 1 fully saturated rings. The van der Waals surface area contributed by atoms with E-state index >= 15 is 0 Å². The van der Waals surface area contributed by atoms with E-state index in [4.69, 9.17) is 5.11 Å². The predicted molar refractivity (Wildman–Crippen MR) is 67.1 cm³/mol. The van der Waals surface area contributed by atoms with E-state index in [-0.39, 0.29) is 6.42 Å². The number of rotatable bonds is 5.